The second kappa shape index (κ2) is 4.56. The maximum atomic E-state index is 11.5. The first-order valence-corrected chi connectivity index (χ1v) is 5.88. The van der Waals surface area contributed by atoms with Crippen LogP contribution in [0.1, 0.15) is 5.82 Å². The Bertz CT molecular complexity index is 740. The van der Waals surface area contributed by atoms with Gasteiger partial charge >= 0.3 is 5.69 Å². The molecule has 19 heavy (non-hydrogen) atoms. The van der Waals surface area contributed by atoms with E-state index in [1.165, 1.54) is 4.40 Å². The van der Waals surface area contributed by atoms with Crippen molar-refractivity contribution < 1.29 is 0 Å². The molecule has 3 heterocycles. The molecule has 0 aromatic carbocycles. The van der Waals surface area contributed by atoms with Crippen molar-refractivity contribution in [2.24, 2.45) is 0 Å². The molecular formula is C11H13N7O. The number of hydrogen-bond acceptors (Lipinski definition) is 5. The number of anilines is 1. The Balaban J connectivity index is 1.76. The van der Waals surface area contributed by atoms with Gasteiger partial charge in [-0.2, -0.15) is 5.10 Å². The maximum Gasteiger partial charge on any atom is 0.349 e. The summed E-state index contributed by atoms with van der Waals surface area (Å²) in [6, 6.07) is 1.73. The lowest BCUT2D eigenvalue weighted by molar-refractivity contribution is 0.724. The number of aromatic amines is 1. The van der Waals surface area contributed by atoms with Gasteiger partial charge in [-0.1, -0.05) is 0 Å². The molecule has 3 rings (SSSR count). The number of aromatic nitrogens is 6. The molecule has 0 aliphatic carbocycles. The van der Waals surface area contributed by atoms with Crippen molar-refractivity contribution in [2.45, 2.75) is 13.5 Å². The topological polar surface area (TPSA) is 92.9 Å². The first-order valence-electron chi connectivity index (χ1n) is 5.88. The van der Waals surface area contributed by atoms with Gasteiger partial charge in [-0.15, -0.1) is 0 Å². The van der Waals surface area contributed by atoms with Gasteiger partial charge in [-0.25, -0.2) is 24.3 Å². The van der Waals surface area contributed by atoms with E-state index in [9.17, 15) is 4.79 Å². The number of nitrogens with zero attached hydrogens (tertiary/aromatic N) is 5. The molecule has 8 nitrogen and oxygen atoms in total. The van der Waals surface area contributed by atoms with Gasteiger partial charge in [0, 0.05) is 31.5 Å². The van der Waals surface area contributed by atoms with Crippen LogP contribution in [0, 0.1) is 6.92 Å². The summed E-state index contributed by atoms with van der Waals surface area (Å²) in [6.07, 6.45) is 5.40. The molecule has 8 heteroatoms. The van der Waals surface area contributed by atoms with Crippen LogP contribution in [-0.2, 0) is 6.54 Å². The Morgan fingerprint density at radius 3 is 3.16 bits per heavy atom. The Hall–Kier alpha value is -2.64. The Morgan fingerprint density at radius 1 is 1.47 bits per heavy atom. The van der Waals surface area contributed by atoms with E-state index in [0.29, 0.717) is 23.8 Å². The summed E-state index contributed by atoms with van der Waals surface area (Å²) in [5, 5.41) is 9.52. The third kappa shape index (κ3) is 2.19. The number of fused-ring (bicyclic) bond motifs is 1. The Kier molecular flexibility index (Phi) is 2.75. The minimum atomic E-state index is -0.273. The molecule has 0 saturated carbocycles. The SMILES string of the molecule is Cc1nc(NCCn2ccnc2)cc2n[nH]c(=O)n12. The molecule has 0 radical (unpaired) electrons. The summed E-state index contributed by atoms with van der Waals surface area (Å²) in [5.41, 5.74) is 0.285. The predicted molar refractivity (Wildman–Crippen MR) is 69.1 cm³/mol. The summed E-state index contributed by atoms with van der Waals surface area (Å²) < 4.78 is 3.40. The highest BCUT2D eigenvalue weighted by Gasteiger charge is 2.06. The van der Waals surface area contributed by atoms with Crippen LogP contribution in [0.15, 0.2) is 29.6 Å². The minimum absolute atomic E-state index is 0.273. The summed E-state index contributed by atoms with van der Waals surface area (Å²) in [5.74, 6) is 1.30. The zero-order chi connectivity index (χ0) is 13.2. The standard InChI is InChI=1S/C11H13N7O/c1-8-14-9(6-10-15-16-11(19)18(8)10)13-3-5-17-4-2-12-7-17/h2,4,6-7,13H,3,5H2,1H3,(H,16,19). The van der Waals surface area contributed by atoms with Crippen LogP contribution >= 0.6 is 0 Å². The zero-order valence-corrected chi connectivity index (χ0v) is 10.4. The van der Waals surface area contributed by atoms with Crippen molar-refractivity contribution in [2.75, 3.05) is 11.9 Å². The van der Waals surface area contributed by atoms with Crippen LogP contribution in [-0.4, -0.2) is 35.7 Å². The average molecular weight is 259 g/mol. The van der Waals surface area contributed by atoms with Crippen LogP contribution < -0.4 is 11.0 Å². The summed E-state index contributed by atoms with van der Waals surface area (Å²) in [6.45, 7) is 3.28. The molecular weight excluding hydrogens is 246 g/mol. The predicted octanol–water partition coefficient (Wildman–Crippen LogP) is 0.0346. The maximum absolute atomic E-state index is 11.5. The van der Waals surface area contributed by atoms with Gasteiger partial charge < -0.3 is 9.88 Å². The number of aryl methyl sites for hydroxylation is 1. The number of H-pyrrole nitrogens is 1. The number of rotatable bonds is 4. The molecule has 0 unspecified atom stereocenters. The van der Waals surface area contributed by atoms with E-state index in [0.717, 1.165) is 6.54 Å². The molecule has 3 aromatic heterocycles. The van der Waals surface area contributed by atoms with E-state index in [4.69, 9.17) is 0 Å². The van der Waals surface area contributed by atoms with Gasteiger partial charge in [-0.3, -0.25) is 0 Å². The third-order valence-corrected chi connectivity index (χ3v) is 2.81. The lowest BCUT2D eigenvalue weighted by Crippen LogP contribution is -2.15. The van der Waals surface area contributed by atoms with Gasteiger partial charge in [0.05, 0.1) is 6.33 Å². The van der Waals surface area contributed by atoms with Crippen molar-refractivity contribution in [3.05, 3.63) is 41.1 Å². The molecule has 2 N–H and O–H groups in total. The summed E-state index contributed by atoms with van der Waals surface area (Å²) in [4.78, 5) is 19.7. The monoisotopic (exact) mass is 259 g/mol. The minimum Gasteiger partial charge on any atom is -0.368 e. The van der Waals surface area contributed by atoms with E-state index >= 15 is 0 Å². The van der Waals surface area contributed by atoms with Crippen molar-refractivity contribution in [1.82, 2.24) is 29.1 Å². The third-order valence-electron chi connectivity index (χ3n) is 2.81. The molecule has 3 aromatic rings. The first kappa shape index (κ1) is 11.5. The lowest BCUT2D eigenvalue weighted by Gasteiger charge is -2.07. The van der Waals surface area contributed by atoms with Crippen molar-refractivity contribution in [3.8, 4) is 0 Å². The molecule has 0 amide bonds. The fourth-order valence-electron chi connectivity index (χ4n) is 1.92. The average Bonchev–Trinajstić information content (AvgIpc) is 3.00. The van der Waals surface area contributed by atoms with E-state index < -0.39 is 0 Å². The summed E-state index contributed by atoms with van der Waals surface area (Å²) >= 11 is 0. The number of hydrogen-bond donors (Lipinski definition) is 2. The van der Waals surface area contributed by atoms with Crippen molar-refractivity contribution >= 4 is 11.5 Å². The van der Waals surface area contributed by atoms with Gasteiger partial charge in [-0.05, 0) is 6.92 Å². The Labute approximate surface area is 108 Å². The number of imidazole rings is 1. The van der Waals surface area contributed by atoms with Gasteiger partial charge in [0.2, 0.25) is 0 Å². The second-order valence-corrected chi connectivity index (χ2v) is 4.14. The molecule has 0 fully saturated rings. The molecule has 0 aliphatic heterocycles. The van der Waals surface area contributed by atoms with Crippen molar-refractivity contribution in [3.63, 3.8) is 0 Å². The first-order chi connectivity index (χ1) is 9.24. The van der Waals surface area contributed by atoms with E-state index in [-0.39, 0.29) is 5.69 Å². The fourth-order valence-corrected chi connectivity index (χ4v) is 1.92. The zero-order valence-electron chi connectivity index (χ0n) is 10.4. The molecule has 0 spiro atoms. The molecule has 98 valence electrons. The molecule has 0 aliphatic rings. The van der Waals surface area contributed by atoms with Gasteiger partial charge in [0.25, 0.3) is 0 Å². The smallest absolute Gasteiger partial charge is 0.349 e. The van der Waals surface area contributed by atoms with Crippen LogP contribution in [0.5, 0.6) is 0 Å². The van der Waals surface area contributed by atoms with Crippen LogP contribution in [0.4, 0.5) is 5.82 Å². The quantitative estimate of drug-likeness (QED) is 0.689. The van der Waals surface area contributed by atoms with Crippen LogP contribution in [0.2, 0.25) is 0 Å². The summed E-state index contributed by atoms with van der Waals surface area (Å²) in [7, 11) is 0. The molecule has 0 saturated heterocycles. The van der Waals surface area contributed by atoms with Crippen LogP contribution in [0.25, 0.3) is 5.65 Å². The van der Waals surface area contributed by atoms with Gasteiger partial charge in [0.15, 0.2) is 5.65 Å². The van der Waals surface area contributed by atoms with E-state index in [1.54, 1.807) is 25.5 Å². The van der Waals surface area contributed by atoms with Crippen molar-refractivity contribution in [1.29, 1.82) is 0 Å². The normalized spacial score (nSPS) is 11.0. The molecule has 0 bridgehead atoms. The largest absolute Gasteiger partial charge is 0.368 e. The highest BCUT2D eigenvalue weighted by Crippen LogP contribution is 2.07. The van der Waals surface area contributed by atoms with Gasteiger partial charge in [0.1, 0.15) is 11.6 Å². The van der Waals surface area contributed by atoms with E-state index in [1.807, 2.05) is 10.8 Å². The van der Waals surface area contributed by atoms with Crippen LogP contribution in [0.3, 0.4) is 0 Å². The molecule has 0 atom stereocenters. The second-order valence-electron chi connectivity index (χ2n) is 4.14. The van der Waals surface area contributed by atoms with E-state index in [2.05, 4.69) is 25.5 Å². The highest BCUT2D eigenvalue weighted by atomic mass is 16.1. The lowest BCUT2D eigenvalue weighted by atomic mass is 10.5. The number of nitrogens with one attached hydrogen (secondary N) is 2. The highest BCUT2D eigenvalue weighted by molar-refractivity contribution is 5.49. The Morgan fingerprint density at radius 2 is 2.37 bits per heavy atom. The fraction of sp³-hybridized carbons (Fsp3) is 0.273.